The van der Waals surface area contributed by atoms with E-state index in [4.69, 9.17) is 5.14 Å². The predicted octanol–water partition coefficient (Wildman–Crippen LogP) is 2.24. The van der Waals surface area contributed by atoms with Gasteiger partial charge in [0, 0.05) is 0 Å². The summed E-state index contributed by atoms with van der Waals surface area (Å²) in [6, 6.07) is 0. The summed E-state index contributed by atoms with van der Waals surface area (Å²) < 4.78 is 0. The molecular formula is C7H11NS. The maximum atomic E-state index is 5.12. The summed E-state index contributed by atoms with van der Waals surface area (Å²) in [6.07, 6.45) is 9.71. The van der Waals surface area contributed by atoms with Crippen LogP contribution in [0.25, 0.3) is 0 Å². The molecule has 0 aliphatic heterocycles. The van der Waals surface area contributed by atoms with Crippen LogP contribution in [0.3, 0.4) is 0 Å². The Balaban J connectivity index is 3.35. The lowest BCUT2D eigenvalue weighted by Crippen LogP contribution is -1.66. The van der Waals surface area contributed by atoms with Crippen molar-refractivity contribution in [2.24, 2.45) is 5.14 Å². The van der Waals surface area contributed by atoms with Gasteiger partial charge in [-0.1, -0.05) is 42.3 Å². The Morgan fingerprint density at radius 1 is 1.11 bits per heavy atom. The van der Waals surface area contributed by atoms with Gasteiger partial charge in [0.15, 0.2) is 0 Å². The van der Waals surface area contributed by atoms with Gasteiger partial charge in [0.25, 0.3) is 0 Å². The van der Waals surface area contributed by atoms with E-state index in [1.54, 1.807) is 0 Å². The van der Waals surface area contributed by atoms with Gasteiger partial charge in [0.05, 0.1) is 0 Å². The van der Waals surface area contributed by atoms with Crippen molar-refractivity contribution >= 4 is 11.9 Å². The van der Waals surface area contributed by atoms with Crippen LogP contribution < -0.4 is 5.14 Å². The fourth-order valence-electron chi connectivity index (χ4n) is 0.330. The fourth-order valence-corrected chi connectivity index (χ4v) is 0.512. The van der Waals surface area contributed by atoms with Crippen LogP contribution in [0.1, 0.15) is 6.92 Å². The van der Waals surface area contributed by atoms with Crippen LogP contribution in [0.2, 0.25) is 0 Å². The summed E-state index contributed by atoms with van der Waals surface area (Å²) in [7, 11) is 0. The van der Waals surface area contributed by atoms with Crippen LogP contribution in [0, 0.1) is 0 Å². The molecule has 0 saturated heterocycles. The van der Waals surface area contributed by atoms with E-state index < -0.39 is 0 Å². The Bertz CT molecular complexity index is 125. The van der Waals surface area contributed by atoms with Gasteiger partial charge in [0.1, 0.15) is 0 Å². The minimum atomic E-state index is 1.20. The molecule has 0 unspecified atom stereocenters. The lowest BCUT2D eigenvalue weighted by atomic mass is 10.4. The van der Waals surface area contributed by atoms with Gasteiger partial charge in [0.2, 0.25) is 0 Å². The Labute approximate surface area is 60.5 Å². The zero-order valence-corrected chi connectivity index (χ0v) is 6.27. The van der Waals surface area contributed by atoms with Crippen molar-refractivity contribution in [2.75, 3.05) is 0 Å². The summed E-state index contributed by atoms with van der Waals surface area (Å²) in [5.74, 6) is 0. The summed E-state index contributed by atoms with van der Waals surface area (Å²) >= 11 is 1.20. The number of rotatable bonds is 3. The molecule has 0 aliphatic carbocycles. The monoisotopic (exact) mass is 141 g/mol. The van der Waals surface area contributed by atoms with Crippen LogP contribution in [0.4, 0.5) is 0 Å². The molecule has 2 N–H and O–H groups in total. The van der Waals surface area contributed by atoms with Gasteiger partial charge in [-0.25, -0.2) is 0 Å². The highest BCUT2D eigenvalue weighted by Gasteiger charge is 1.60. The van der Waals surface area contributed by atoms with Crippen molar-refractivity contribution in [1.82, 2.24) is 0 Å². The maximum Gasteiger partial charge on any atom is -0.0138 e. The average Bonchev–Trinajstić information content (AvgIpc) is 1.89. The standard InChI is InChI=1S/C7H11NS/c1-2-3-4-5-6-7-9-8/h2-7H,8H2,1H3/b3-2-,5-4-,7-6+. The first-order valence-electron chi connectivity index (χ1n) is 2.72. The number of hydrogen-bond donors (Lipinski definition) is 1. The third-order valence-electron chi connectivity index (χ3n) is 0.683. The molecule has 0 amide bonds. The summed E-state index contributed by atoms with van der Waals surface area (Å²) in [6.45, 7) is 1.98. The van der Waals surface area contributed by atoms with Crippen LogP contribution in [-0.4, -0.2) is 0 Å². The van der Waals surface area contributed by atoms with Crippen molar-refractivity contribution in [2.45, 2.75) is 6.92 Å². The quantitative estimate of drug-likeness (QED) is 0.482. The van der Waals surface area contributed by atoms with E-state index >= 15 is 0 Å². The Kier molecular flexibility index (Phi) is 7.14. The van der Waals surface area contributed by atoms with Crippen molar-refractivity contribution in [3.05, 3.63) is 35.8 Å². The van der Waals surface area contributed by atoms with Crippen molar-refractivity contribution in [1.29, 1.82) is 0 Å². The Morgan fingerprint density at radius 2 is 1.78 bits per heavy atom. The molecule has 0 bridgehead atoms. The van der Waals surface area contributed by atoms with Gasteiger partial charge < -0.3 is 0 Å². The van der Waals surface area contributed by atoms with E-state index in [2.05, 4.69) is 0 Å². The van der Waals surface area contributed by atoms with E-state index in [0.717, 1.165) is 0 Å². The molecule has 2 heteroatoms. The van der Waals surface area contributed by atoms with Crippen LogP contribution in [-0.2, 0) is 0 Å². The Hall–Kier alpha value is -0.470. The zero-order valence-electron chi connectivity index (χ0n) is 5.45. The highest BCUT2D eigenvalue weighted by atomic mass is 32.2. The number of nitrogens with two attached hydrogens (primary N) is 1. The maximum absolute atomic E-state index is 5.12. The van der Waals surface area contributed by atoms with Crippen LogP contribution in [0.5, 0.6) is 0 Å². The van der Waals surface area contributed by atoms with E-state index in [0.29, 0.717) is 0 Å². The summed E-state index contributed by atoms with van der Waals surface area (Å²) in [5.41, 5.74) is 0. The van der Waals surface area contributed by atoms with Gasteiger partial charge >= 0.3 is 0 Å². The number of allylic oxidation sites excluding steroid dienone is 5. The minimum absolute atomic E-state index is 1.20. The molecule has 0 spiro atoms. The topological polar surface area (TPSA) is 26.0 Å². The minimum Gasteiger partial charge on any atom is -0.274 e. The molecule has 0 aromatic carbocycles. The van der Waals surface area contributed by atoms with Gasteiger partial charge in [-0.3, -0.25) is 5.14 Å². The molecule has 0 aromatic rings. The molecule has 0 radical (unpaired) electrons. The SMILES string of the molecule is C\C=C/C=C\C=C\SN. The molecule has 0 fully saturated rings. The highest BCUT2D eigenvalue weighted by Crippen LogP contribution is 1.88. The van der Waals surface area contributed by atoms with Gasteiger partial charge in [-0.15, -0.1) is 0 Å². The first kappa shape index (κ1) is 8.53. The largest absolute Gasteiger partial charge is 0.274 e. The van der Waals surface area contributed by atoms with Crippen LogP contribution in [0.15, 0.2) is 35.8 Å². The molecular weight excluding hydrogens is 130 g/mol. The van der Waals surface area contributed by atoms with E-state index in [1.165, 1.54) is 11.9 Å². The summed E-state index contributed by atoms with van der Waals surface area (Å²) in [4.78, 5) is 0. The second-order valence-electron chi connectivity index (χ2n) is 1.38. The molecule has 0 rings (SSSR count). The molecule has 50 valence electrons. The van der Waals surface area contributed by atoms with E-state index in [1.807, 2.05) is 42.7 Å². The predicted molar refractivity (Wildman–Crippen MR) is 44.9 cm³/mol. The van der Waals surface area contributed by atoms with E-state index in [-0.39, 0.29) is 0 Å². The lowest BCUT2D eigenvalue weighted by molar-refractivity contribution is 1.73. The second-order valence-corrected chi connectivity index (χ2v) is 1.92. The van der Waals surface area contributed by atoms with Crippen molar-refractivity contribution in [3.8, 4) is 0 Å². The third-order valence-corrected chi connectivity index (χ3v) is 0.997. The third kappa shape index (κ3) is 7.53. The molecule has 0 aliphatic rings. The molecule has 0 saturated carbocycles. The fraction of sp³-hybridized carbons (Fsp3) is 0.143. The Morgan fingerprint density at radius 3 is 2.33 bits per heavy atom. The molecule has 0 heterocycles. The average molecular weight is 141 g/mol. The van der Waals surface area contributed by atoms with Crippen molar-refractivity contribution < 1.29 is 0 Å². The van der Waals surface area contributed by atoms with Gasteiger partial charge in [-0.05, 0) is 12.3 Å². The summed E-state index contributed by atoms with van der Waals surface area (Å²) in [5, 5.41) is 6.94. The molecule has 9 heavy (non-hydrogen) atoms. The lowest BCUT2D eigenvalue weighted by Gasteiger charge is -1.73. The second kappa shape index (κ2) is 7.53. The van der Waals surface area contributed by atoms with Crippen molar-refractivity contribution in [3.63, 3.8) is 0 Å². The zero-order chi connectivity index (χ0) is 6.95. The molecule has 1 nitrogen and oxygen atoms in total. The van der Waals surface area contributed by atoms with Gasteiger partial charge in [-0.2, -0.15) is 0 Å². The van der Waals surface area contributed by atoms with Crippen LogP contribution >= 0.6 is 11.9 Å². The molecule has 0 aromatic heterocycles. The van der Waals surface area contributed by atoms with E-state index in [9.17, 15) is 0 Å². The molecule has 0 atom stereocenters. The normalized spacial score (nSPS) is 12.7. The first-order valence-corrected chi connectivity index (χ1v) is 3.66. The number of hydrogen-bond acceptors (Lipinski definition) is 2. The highest BCUT2D eigenvalue weighted by molar-refractivity contribution is 7.99. The first-order chi connectivity index (χ1) is 4.41. The smallest absolute Gasteiger partial charge is 0.0138 e.